The van der Waals surface area contributed by atoms with Crippen molar-refractivity contribution >= 4 is 11.8 Å². The van der Waals surface area contributed by atoms with E-state index in [-0.39, 0.29) is 11.8 Å². The summed E-state index contributed by atoms with van der Waals surface area (Å²) in [7, 11) is 0. The first kappa shape index (κ1) is 15.2. The van der Waals surface area contributed by atoms with Gasteiger partial charge in [-0.25, -0.2) is 0 Å². The van der Waals surface area contributed by atoms with Gasteiger partial charge in [-0.3, -0.25) is 14.5 Å². The normalized spacial score (nSPS) is 17.6. The van der Waals surface area contributed by atoms with Crippen molar-refractivity contribution in [3.05, 3.63) is 0 Å². The molecule has 0 aromatic rings. The molecule has 2 amide bonds. The lowest BCUT2D eigenvalue weighted by Crippen LogP contribution is -2.31. The fourth-order valence-electron chi connectivity index (χ4n) is 2.60. The first-order valence-electron chi connectivity index (χ1n) is 7.52. The van der Waals surface area contributed by atoms with E-state index < -0.39 is 0 Å². The van der Waals surface area contributed by atoms with Gasteiger partial charge in [-0.1, -0.05) is 52.4 Å². The maximum atomic E-state index is 11.5. The monoisotopic (exact) mass is 253 g/mol. The van der Waals surface area contributed by atoms with Crippen molar-refractivity contribution in [3.8, 4) is 0 Å². The second-order valence-corrected chi connectivity index (χ2v) is 5.35. The van der Waals surface area contributed by atoms with E-state index in [1.165, 1.54) is 37.0 Å². The number of nitrogens with zero attached hydrogens (tertiary/aromatic N) is 1. The molecule has 0 aliphatic carbocycles. The molecular weight excluding hydrogens is 226 g/mol. The molecule has 1 rings (SSSR count). The number of hydrogen-bond donors (Lipinski definition) is 0. The molecule has 1 fully saturated rings. The fraction of sp³-hybridized carbons (Fsp3) is 0.867. The SMILES string of the molecule is CCCCCCC(CC)CCN1C(=O)CCC1=O. The van der Waals surface area contributed by atoms with Crippen LogP contribution in [-0.2, 0) is 9.59 Å². The summed E-state index contributed by atoms with van der Waals surface area (Å²) in [6, 6.07) is 0. The minimum Gasteiger partial charge on any atom is -0.283 e. The average molecular weight is 253 g/mol. The van der Waals surface area contributed by atoms with E-state index in [4.69, 9.17) is 0 Å². The highest BCUT2D eigenvalue weighted by atomic mass is 16.2. The van der Waals surface area contributed by atoms with Crippen LogP contribution < -0.4 is 0 Å². The van der Waals surface area contributed by atoms with Crippen LogP contribution in [0.3, 0.4) is 0 Å². The Balaban J connectivity index is 2.22. The first-order chi connectivity index (χ1) is 8.69. The Labute approximate surface area is 111 Å². The number of unbranched alkanes of at least 4 members (excludes halogenated alkanes) is 3. The summed E-state index contributed by atoms with van der Waals surface area (Å²) < 4.78 is 0. The fourth-order valence-corrected chi connectivity index (χ4v) is 2.60. The molecule has 0 bridgehead atoms. The second kappa shape index (κ2) is 8.28. The lowest BCUT2D eigenvalue weighted by atomic mass is 9.95. The van der Waals surface area contributed by atoms with Gasteiger partial charge in [0.25, 0.3) is 0 Å². The predicted octanol–water partition coefficient (Wildman–Crippen LogP) is 3.52. The molecule has 0 radical (unpaired) electrons. The molecule has 18 heavy (non-hydrogen) atoms. The summed E-state index contributed by atoms with van der Waals surface area (Å²) in [5.74, 6) is 0.727. The van der Waals surface area contributed by atoms with Gasteiger partial charge in [0.1, 0.15) is 0 Å². The zero-order valence-corrected chi connectivity index (χ0v) is 11.9. The van der Waals surface area contributed by atoms with E-state index in [1.807, 2.05) is 0 Å². The minimum absolute atomic E-state index is 0.0286. The van der Waals surface area contributed by atoms with Crippen molar-refractivity contribution in [1.82, 2.24) is 4.90 Å². The number of imide groups is 1. The number of hydrogen-bond acceptors (Lipinski definition) is 2. The third kappa shape index (κ3) is 4.79. The van der Waals surface area contributed by atoms with Crippen LogP contribution in [0.5, 0.6) is 0 Å². The molecule has 0 aromatic heterocycles. The van der Waals surface area contributed by atoms with E-state index in [1.54, 1.807) is 0 Å². The van der Waals surface area contributed by atoms with Crippen LogP contribution >= 0.6 is 0 Å². The van der Waals surface area contributed by atoms with Crippen molar-refractivity contribution in [2.45, 2.75) is 71.6 Å². The molecule has 1 unspecified atom stereocenters. The molecule has 3 nitrogen and oxygen atoms in total. The lowest BCUT2D eigenvalue weighted by Gasteiger charge is -2.19. The van der Waals surface area contributed by atoms with Gasteiger partial charge in [-0.05, 0) is 12.3 Å². The van der Waals surface area contributed by atoms with Crippen LogP contribution in [0.25, 0.3) is 0 Å². The molecule has 1 aliphatic heterocycles. The van der Waals surface area contributed by atoms with Gasteiger partial charge < -0.3 is 0 Å². The summed E-state index contributed by atoms with van der Waals surface area (Å²) in [6.07, 6.45) is 9.42. The highest BCUT2D eigenvalue weighted by Crippen LogP contribution is 2.20. The van der Waals surface area contributed by atoms with Crippen LogP contribution in [0, 0.1) is 5.92 Å². The molecule has 1 heterocycles. The van der Waals surface area contributed by atoms with Crippen LogP contribution in [0.15, 0.2) is 0 Å². The van der Waals surface area contributed by atoms with Crippen LogP contribution in [0.4, 0.5) is 0 Å². The van der Waals surface area contributed by atoms with Crippen molar-refractivity contribution in [2.24, 2.45) is 5.92 Å². The van der Waals surface area contributed by atoms with Crippen molar-refractivity contribution in [2.75, 3.05) is 6.54 Å². The third-order valence-electron chi connectivity index (χ3n) is 3.96. The number of amides is 2. The Morgan fingerprint density at radius 3 is 2.22 bits per heavy atom. The topological polar surface area (TPSA) is 37.4 Å². The van der Waals surface area contributed by atoms with E-state index >= 15 is 0 Å². The lowest BCUT2D eigenvalue weighted by molar-refractivity contribution is -0.138. The molecule has 1 aliphatic rings. The van der Waals surface area contributed by atoms with Gasteiger partial charge in [0.15, 0.2) is 0 Å². The zero-order chi connectivity index (χ0) is 13.4. The molecule has 0 aromatic carbocycles. The zero-order valence-electron chi connectivity index (χ0n) is 11.9. The summed E-state index contributed by atoms with van der Waals surface area (Å²) in [4.78, 5) is 24.4. The molecule has 104 valence electrons. The number of rotatable bonds is 9. The molecule has 0 saturated carbocycles. The highest BCUT2D eigenvalue weighted by Gasteiger charge is 2.28. The molecule has 1 atom stereocenters. The Morgan fingerprint density at radius 2 is 1.67 bits per heavy atom. The van der Waals surface area contributed by atoms with E-state index in [2.05, 4.69) is 13.8 Å². The summed E-state index contributed by atoms with van der Waals surface area (Å²) >= 11 is 0. The molecular formula is C15H27NO2. The van der Waals surface area contributed by atoms with Gasteiger partial charge in [-0.2, -0.15) is 0 Å². The molecule has 3 heteroatoms. The first-order valence-corrected chi connectivity index (χ1v) is 7.52. The van der Waals surface area contributed by atoms with Crippen LogP contribution in [0.2, 0.25) is 0 Å². The number of likely N-dealkylation sites (tertiary alicyclic amines) is 1. The summed E-state index contributed by atoms with van der Waals surface area (Å²) in [5.41, 5.74) is 0. The average Bonchev–Trinajstić information content (AvgIpc) is 2.69. The van der Waals surface area contributed by atoms with E-state index in [9.17, 15) is 9.59 Å². The Kier molecular flexibility index (Phi) is 6.99. The smallest absolute Gasteiger partial charge is 0.229 e. The summed E-state index contributed by atoms with van der Waals surface area (Å²) in [5, 5.41) is 0. The summed E-state index contributed by atoms with van der Waals surface area (Å²) in [6.45, 7) is 5.07. The van der Waals surface area contributed by atoms with Gasteiger partial charge >= 0.3 is 0 Å². The molecule has 0 N–H and O–H groups in total. The predicted molar refractivity (Wildman–Crippen MR) is 73.1 cm³/mol. The minimum atomic E-state index is 0.0286. The van der Waals surface area contributed by atoms with Gasteiger partial charge in [0.05, 0.1) is 0 Å². The Bertz CT molecular complexity index is 260. The van der Waals surface area contributed by atoms with Gasteiger partial charge in [0.2, 0.25) is 11.8 Å². The van der Waals surface area contributed by atoms with Crippen molar-refractivity contribution < 1.29 is 9.59 Å². The van der Waals surface area contributed by atoms with E-state index in [0.717, 1.165) is 12.8 Å². The van der Waals surface area contributed by atoms with Gasteiger partial charge in [0, 0.05) is 19.4 Å². The Hall–Kier alpha value is -0.860. The largest absolute Gasteiger partial charge is 0.283 e. The molecule has 1 saturated heterocycles. The quantitative estimate of drug-likeness (QED) is 0.465. The maximum absolute atomic E-state index is 11.5. The maximum Gasteiger partial charge on any atom is 0.229 e. The van der Waals surface area contributed by atoms with Crippen LogP contribution in [-0.4, -0.2) is 23.3 Å². The Morgan fingerprint density at radius 1 is 1.00 bits per heavy atom. The number of carbonyl (C=O) groups excluding carboxylic acids is 2. The van der Waals surface area contributed by atoms with Crippen LogP contribution in [0.1, 0.15) is 71.6 Å². The second-order valence-electron chi connectivity index (χ2n) is 5.35. The number of carbonyl (C=O) groups is 2. The van der Waals surface area contributed by atoms with Crippen molar-refractivity contribution in [3.63, 3.8) is 0 Å². The highest BCUT2D eigenvalue weighted by molar-refractivity contribution is 6.01. The van der Waals surface area contributed by atoms with Crippen molar-refractivity contribution in [1.29, 1.82) is 0 Å². The van der Waals surface area contributed by atoms with Gasteiger partial charge in [-0.15, -0.1) is 0 Å². The third-order valence-corrected chi connectivity index (χ3v) is 3.96. The molecule has 0 spiro atoms. The van der Waals surface area contributed by atoms with E-state index in [0.29, 0.717) is 25.3 Å². The standard InChI is InChI=1S/C15H27NO2/c1-3-5-6-7-8-13(4-2)11-12-16-14(17)9-10-15(16)18/h13H,3-12H2,1-2H3.